The molecule has 2 atom stereocenters. The molecular formula is C14H25N3O2. The third kappa shape index (κ3) is 3.27. The molecule has 3 heterocycles. The first-order chi connectivity index (χ1) is 9.33. The molecule has 0 saturated carbocycles. The van der Waals surface area contributed by atoms with E-state index in [4.69, 9.17) is 4.74 Å². The Balaban J connectivity index is 1.33. The molecule has 108 valence electrons. The lowest BCUT2D eigenvalue weighted by Gasteiger charge is -2.27. The van der Waals surface area contributed by atoms with Crippen LogP contribution in [0.5, 0.6) is 0 Å². The Morgan fingerprint density at radius 2 is 1.84 bits per heavy atom. The van der Waals surface area contributed by atoms with Gasteiger partial charge in [0.05, 0.1) is 13.2 Å². The van der Waals surface area contributed by atoms with E-state index in [0.29, 0.717) is 25.5 Å². The average Bonchev–Trinajstić information content (AvgIpc) is 3.00. The van der Waals surface area contributed by atoms with Crippen LogP contribution in [-0.2, 0) is 9.53 Å². The summed E-state index contributed by atoms with van der Waals surface area (Å²) in [4.78, 5) is 16.5. The molecule has 1 amide bonds. The van der Waals surface area contributed by atoms with Gasteiger partial charge in [0.25, 0.3) is 0 Å². The van der Waals surface area contributed by atoms with Gasteiger partial charge < -0.3 is 19.9 Å². The van der Waals surface area contributed by atoms with E-state index in [1.807, 2.05) is 4.90 Å². The summed E-state index contributed by atoms with van der Waals surface area (Å²) in [5, 5.41) is 3.46. The number of carbonyl (C=O) groups excluding carboxylic acids is 1. The van der Waals surface area contributed by atoms with Crippen LogP contribution in [0, 0.1) is 11.8 Å². The largest absolute Gasteiger partial charge is 0.378 e. The van der Waals surface area contributed by atoms with Gasteiger partial charge in [0.15, 0.2) is 0 Å². The summed E-state index contributed by atoms with van der Waals surface area (Å²) in [6.45, 7) is 8.87. The number of nitrogens with one attached hydrogen (secondary N) is 1. The van der Waals surface area contributed by atoms with Crippen molar-refractivity contribution in [3.05, 3.63) is 0 Å². The lowest BCUT2D eigenvalue weighted by molar-refractivity contribution is -0.135. The maximum atomic E-state index is 12.0. The van der Waals surface area contributed by atoms with E-state index < -0.39 is 0 Å². The van der Waals surface area contributed by atoms with Crippen molar-refractivity contribution in [1.82, 2.24) is 15.1 Å². The van der Waals surface area contributed by atoms with Crippen molar-refractivity contribution < 1.29 is 9.53 Å². The Morgan fingerprint density at radius 3 is 2.53 bits per heavy atom. The highest BCUT2D eigenvalue weighted by Gasteiger charge is 2.35. The van der Waals surface area contributed by atoms with Gasteiger partial charge in [-0.05, 0) is 37.9 Å². The number of nitrogens with zero attached hydrogens (tertiary/aromatic N) is 2. The fraction of sp³-hybridized carbons (Fsp3) is 0.929. The molecule has 0 spiro atoms. The topological polar surface area (TPSA) is 44.8 Å². The molecule has 5 heteroatoms. The monoisotopic (exact) mass is 267 g/mol. The van der Waals surface area contributed by atoms with Gasteiger partial charge in [-0.3, -0.25) is 4.79 Å². The second kappa shape index (κ2) is 6.20. The third-order valence-electron chi connectivity index (χ3n) is 4.69. The van der Waals surface area contributed by atoms with Crippen molar-refractivity contribution in [3.63, 3.8) is 0 Å². The van der Waals surface area contributed by atoms with E-state index in [1.54, 1.807) is 0 Å². The van der Waals surface area contributed by atoms with Crippen LogP contribution in [0.25, 0.3) is 0 Å². The third-order valence-corrected chi connectivity index (χ3v) is 4.69. The van der Waals surface area contributed by atoms with Crippen molar-refractivity contribution >= 4 is 5.91 Å². The quantitative estimate of drug-likeness (QED) is 0.765. The molecule has 3 fully saturated rings. The number of hydrogen-bond donors (Lipinski definition) is 1. The number of morpholine rings is 1. The smallest absolute Gasteiger partial charge is 0.222 e. The van der Waals surface area contributed by atoms with Gasteiger partial charge >= 0.3 is 0 Å². The summed E-state index contributed by atoms with van der Waals surface area (Å²) in [7, 11) is 0. The van der Waals surface area contributed by atoms with Crippen molar-refractivity contribution in [2.75, 3.05) is 59.0 Å². The molecule has 0 aromatic carbocycles. The minimum Gasteiger partial charge on any atom is -0.378 e. The zero-order chi connectivity index (χ0) is 13.1. The van der Waals surface area contributed by atoms with Crippen molar-refractivity contribution in [2.24, 2.45) is 11.8 Å². The second-order valence-electron chi connectivity index (χ2n) is 6.03. The fourth-order valence-electron chi connectivity index (χ4n) is 3.56. The Kier molecular flexibility index (Phi) is 4.35. The molecule has 0 aromatic rings. The number of fused-ring (bicyclic) bond motifs is 1. The second-order valence-corrected chi connectivity index (χ2v) is 6.03. The Morgan fingerprint density at radius 1 is 1.16 bits per heavy atom. The highest BCUT2D eigenvalue weighted by Crippen LogP contribution is 2.26. The Hall–Kier alpha value is -0.650. The number of likely N-dealkylation sites (tertiary alicyclic amines) is 1. The minimum atomic E-state index is 0.310. The van der Waals surface area contributed by atoms with Crippen molar-refractivity contribution in [1.29, 1.82) is 0 Å². The predicted molar refractivity (Wildman–Crippen MR) is 72.9 cm³/mol. The molecule has 3 aliphatic heterocycles. The molecule has 5 nitrogen and oxygen atoms in total. The first kappa shape index (κ1) is 13.3. The van der Waals surface area contributed by atoms with Crippen LogP contribution < -0.4 is 5.32 Å². The van der Waals surface area contributed by atoms with Crippen LogP contribution >= 0.6 is 0 Å². The molecule has 19 heavy (non-hydrogen) atoms. The number of ether oxygens (including phenoxy) is 1. The average molecular weight is 267 g/mol. The Labute approximate surface area is 115 Å². The summed E-state index contributed by atoms with van der Waals surface area (Å²) in [6, 6.07) is 0. The van der Waals surface area contributed by atoms with Gasteiger partial charge in [-0.15, -0.1) is 0 Å². The van der Waals surface area contributed by atoms with E-state index in [-0.39, 0.29) is 0 Å². The van der Waals surface area contributed by atoms with E-state index in [1.165, 1.54) is 26.2 Å². The highest BCUT2D eigenvalue weighted by molar-refractivity contribution is 5.76. The molecule has 1 N–H and O–H groups in total. The number of amides is 1. The standard InChI is InChI=1S/C14H25N3O2/c18-14(17-4-6-19-7-5-17)2-1-3-16-10-12-8-15-9-13(12)11-16/h12-13,15H,1-11H2. The summed E-state index contributed by atoms with van der Waals surface area (Å²) >= 11 is 0. The van der Waals surface area contributed by atoms with Crippen LogP contribution in [0.4, 0.5) is 0 Å². The van der Waals surface area contributed by atoms with Gasteiger partial charge in [0.1, 0.15) is 0 Å². The van der Waals surface area contributed by atoms with Crippen LogP contribution in [0.2, 0.25) is 0 Å². The first-order valence-electron chi connectivity index (χ1n) is 7.61. The van der Waals surface area contributed by atoms with Gasteiger partial charge in [0.2, 0.25) is 5.91 Å². The van der Waals surface area contributed by atoms with Gasteiger partial charge in [-0.1, -0.05) is 0 Å². The van der Waals surface area contributed by atoms with Crippen molar-refractivity contribution in [2.45, 2.75) is 12.8 Å². The number of rotatable bonds is 4. The molecule has 0 bridgehead atoms. The molecule has 3 saturated heterocycles. The summed E-state index contributed by atoms with van der Waals surface area (Å²) in [5.74, 6) is 2.02. The molecule has 2 unspecified atom stereocenters. The SMILES string of the molecule is O=C(CCCN1CC2CNCC2C1)N1CCOCC1. The fourth-order valence-corrected chi connectivity index (χ4v) is 3.56. The van der Waals surface area contributed by atoms with Crippen LogP contribution in [0.15, 0.2) is 0 Å². The van der Waals surface area contributed by atoms with Crippen LogP contribution in [0.3, 0.4) is 0 Å². The molecule has 0 radical (unpaired) electrons. The predicted octanol–water partition coefficient (Wildman–Crippen LogP) is -0.223. The summed E-state index contributed by atoms with van der Waals surface area (Å²) < 4.78 is 5.27. The van der Waals surface area contributed by atoms with Crippen LogP contribution in [0.1, 0.15) is 12.8 Å². The normalized spacial score (nSPS) is 31.7. The van der Waals surface area contributed by atoms with E-state index in [2.05, 4.69) is 10.2 Å². The zero-order valence-electron chi connectivity index (χ0n) is 11.6. The molecule has 3 aliphatic rings. The Bertz CT molecular complexity index is 306. The first-order valence-corrected chi connectivity index (χ1v) is 7.61. The summed E-state index contributed by atoms with van der Waals surface area (Å²) in [6.07, 6.45) is 1.70. The van der Waals surface area contributed by atoms with Gasteiger partial charge in [0, 0.05) is 32.6 Å². The zero-order valence-corrected chi connectivity index (χ0v) is 11.6. The molecule has 3 rings (SSSR count). The van der Waals surface area contributed by atoms with E-state index >= 15 is 0 Å². The highest BCUT2D eigenvalue weighted by atomic mass is 16.5. The molecular weight excluding hydrogens is 242 g/mol. The van der Waals surface area contributed by atoms with E-state index in [9.17, 15) is 4.79 Å². The maximum absolute atomic E-state index is 12.0. The summed E-state index contributed by atoms with van der Waals surface area (Å²) in [5.41, 5.74) is 0. The van der Waals surface area contributed by atoms with Crippen LogP contribution in [-0.4, -0.2) is 74.7 Å². The maximum Gasteiger partial charge on any atom is 0.222 e. The lowest BCUT2D eigenvalue weighted by Crippen LogP contribution is -2.40. The van der Waals surface area contributed by atoms with Gasteiger partial charge in [-0.2, -0.15) is 0 Å². The lowest BCUT2D eigenvalue weighted by atomic mass is 10.0. The number of hydrogen-bond acceptors (Lipinski definition) is 4. The molecule has 0 aliphatic carbocycles. The number of carbonyl (C=O) groups is 1. The van der Waals surface area contributed by atoms with Gasteiger partial charge in [-0.25, -0.2) is 0 Å². The van der Waals surface area contributed by atoms with Crippen molar-refractivity contribution in [3.8, 4) is 0 Å². The van der Waals surface area contributed by atoms with E-state index in [0.717, 1.165) is 37.9 Å². The minimum absolute atomic E-state index is 0.310. The molecule has 0 aromatic heterocycles.